The maximum Gasteiger partial charge on any atom is 0.251 e. The largest absolute Gasteiger partial charge is 0.461 e. The van der Waals surface area contributed by atoms with E-state index in [4.69, 9.17) is 16.0 Å². The first-order valence-corrected chi connectivity index (χ1v) is 8.03. The Bertz CT molecular complexity index is 822. The lowest BCUT2D eigenvalue weighted by Gasteiger charge is -2.03. The number of benzene rings is 1. The second-order valence-corrected chi connectivity index (χ2v) is 6.37. The summed E-state index contributed by atoms with van der Waals surface area (Å²) in [6, 6.07) is 13.5. The molecule has 0 aliphatic carbocycles. The van der Waals surface area contributed by atoms with Gasteiger partial charge in [-0.2, -0.15) is 0 Å². The second kappa shape index (κ2) is 6.81. The minimum absolute atomic E-state index is 0.157. The third kappa shape index (κ3) is 3.70. The van der Waals surface area contributed by atoms with Gasteiger partial charge in [-0.3, -0.25) is 9.59 Å². The Hall–Kier alpha value is -2.37. The van der Waals surface area contributed by atoms with Crippen molar-refractivity contribution in [3.8, 4) is 0 Å². The van der Waals surface area contributed by atoms with Crippen LogP contribution >= 0.6 is 22.9 Å². The Balaban J connectivity index is 1.62. The van der Waals surface area contributed by atoms with Crippen LogP contribution in [0.1, 0.15) is 30.7 Å². The van der Waals surface area contributed by atoms with Crippen LogP contribution in [0.15, 0.2) is 59.2 Å². The summed E-state index contributed by atoms with van der Waals surface area (Å²) >= 11 is 7.13. The van der Waals surface area contributed by atoms with Gasteiger partial charge in [-0.25, -0.2) is 0 Å². The summed E-state index contributed by atoms with van der Waals surface area (Å²) in [6.07, 6.45) is 1.47. The zero-order valence-corrected chi connectivity index (χ0v) is 13.5. The molecular weight excluding hydrogens is 334 g/mol. The van der Waals surface area contributed by atoms with E-state index in [1.807, 2.05) is 6.07 Å². The van der Waals surface area contributed by atoms with Gasteiger partial charge in [0.15, 0.2) is 5.76 Å². The highest BCUT2D eigenvalue weighted by Crippen LogP contribution is 2.20. The van der Waals surface area contributed by atoms with Crippen molar-refractivity contribution in [2.75, 3.05) is 0 Å². The molecule has 0 saturated heterocycles. The zero-order valence-electron chi connectivity index (χ0n) is 11.9. The summed E-state index contributed by atoms with van der Waals surface area (Å²) < 4.78 is 5.10. The fourth-order valence-electron chi connectivity index (χ4n) is 1.99. The van der Waals surface area contributed by atoms with E-state index >= 15 is 0 Å². The van der Waals surface area contributed by atoms with Crippen LogP contribution < -0.4 is 5.32 Å². The number of carbonyl (C=O) groups excluding carboxylic acids is 2. The van der Waals surface area contributed by atoms with Gasteiger partial charge in [0, 0.05) is 15.5 Å². The highest BCUT2D eigenvalue weighted by molar-refractivity contribution is 7.14. The maximum absolute atomic E-state index is 12.1. The third-order valence-electron chi connectivity index (χ3n) is 3.16. The molecule has 2 aromatic heterocycles. The molecule has 3 rings (SSSR count). The summed E-state index contributed by atoms with van der Waals surface area (Å²) in [7, 11) is 0. The van der Waals surface area contributed by atoms with Crippen molar-refractivity contribution in [2.24, 2.45) is 0 Å². The van der Waals surface area contributed by atoms with Crippen LogP contribution in [0, 0.1) is 0 Å². The summed E-state index contributed by atoms with van der Waals surface area (Å²) in [5.41, 5.74) is 0.540. The number of hydrogen-bond donors (Lipinski definition) is 1. The monoisotopic (exact) mass is 345 g/mol. The Kier molecular flexibility index (Phi) is 4.60. The summed E-state index contributed by atoms with van der Waals surface area (Å²) in [5.74, 6) is -0.0344. The molecule has 4 nitrogen and oxygen atoms in total. The lowest BCUT2D eigenvalue weighted by atomic mass is 10.2. The van der Waals surface area contributed by atoms with Gasteiger partial charge in [-0.1, -0.05) is 11.6 Å². The lowest BCUT2D eigenvalue weighted by Crippen LogP contribution is -2.22. The molecule has 0 saturated carbocycles. The number of amides is 1. The molecule has 0 atom stereocenters. The van der Waals surface area contributed by atoms with E-state index < -0.39 is 0 Å². The van der Waals surface area contributed by atoms with Crippen LogP contribution in [0.2, 0.25) is 5.02 Å². The first-order valence-electron chi connectivity index (χ1n) is 6.84. The topological polar surface area (TPSA) is 59.3 Å². The van der Waals surface area contributed by atoms with Crippen LogP contribution in [0.25, 0.3) is 0 Å². The number of nitrogens with one attached hydrogen (secondary N) is 1. The molecule has 0 spiro atoms. The van der Waals surface area contributed by atoms with E-state index in [9.17, 15) is 9.59 Å². The molecule has 0 unspecified atom stereocenters. The molecule has 0 aliphatic rings. The number of rotatable bonds is 5. The van der Waals surface area contributed by atoms with E-state index in [-0.39, 0.29) is 11.7 Å². The van der Waals surface area contributed by atoms with Crippen molar-refractivity contribution >= 4 is 34.6 Å². The van der Waals surface area contributed by atoms with E-state index in [1.165, 1.54) is 17.6 Å². The van der Waals surface area contributed by atoms with E-state index in [0.29, 0.717) is 27.8 Å². The predicted molar refractivity (Wildman–Crippen MR) is 89.1 cm³/mol. The summed E-state index contributed by atoms with van der Waals surface area (Å²) in [6.45, 7) is 0.359. The first kappa shape index (κ1) is 15.5. The molecule has 1 N–H and O–H groups in total. The van der Waals surface area contributed by atoms with Crippen molar-refractivity contribution in [3.63, 3.8) is 0 Å². The quantitative estimate of drug-likeness (QED) is 0.706. The predicted octanol–water partition coefficient (Wildman–Crippen LogP) is 4.16. The van der Waals surface area contributed by atoms with Gasteiger partial charge in [0.05, 0.1) is 17.7 Å². The van der Waals surface area contributed by atoms with E-state index in [0.717, 1.165) is 4.88 Å². The number of furan rings is 1. The lowest BCUT2D eigenvalue weighted by molar-refractivity contribution is 0.0950. The molecule has 23 heavy (non-hydrogen) atoms. The second-order valence-electron chi connectivity index (χ2n) is 4.76. The van der Waals surface area contributed by atoms with Crippen molar-refractivity contribution in [1.82, 2.24) is 5.32 Å². The smallest absolute Gasteiger partial charge is 0.251 e. The summed E-state index contributed by atoms with van der Waals surface area (Å²) in [4.78, 5) is 25.6. The standard InChI is InChI=1S/C17H12ClNO3S/c18-12-5-3-11(4-6-12)17(21)19-10-13-7-8-15(23-13)16(20)14-2-1-9-22-14/h1-9H,10H2,(H,19,21). The first-order chi connectivity index (χ1) is 11.1. The summed E-state index contributed by atoms with van der Waals surface area (Å²) in [5, 5.41) is 3.40. The number of halogens is 1. The molecule has 2 heterocycles. The molecular formula is C17H12ClNO3S. The number of carbonyl (C=O) groups is 2. The van der Waals surface area contributed by atoms with Crippen molar-refractivity contribution in [2.45, 2.75) is 6.54 Å². The third-order valence-corrected chi connectivity index (χ3v) is 4.50. The molecule has 0 radical (unpaired) electrons. The van der Waals surface area contributed by atoms with Crippen LogP contribution in [0.5, 0.6) is 0 Å². The minimum atomic E-state index is -0.186. The molecule has 0 aliphatic heterocycles. The molecule has 116 valence electrons. The average Bonchev–Trinajstić information content (AvgIpc) is 3.24. The number of thiophene rings is 1. The Morgan fingerprint density at radius 2 is 1.87 bits per heavy atom. The zero-order chi connectivity index (χ0) is 16.2. The Labute approximate surface area is 141 Å². The van der Waals surface area contributed by atoms with Crippen LogP contribution in [-0.4, -0.2) is 11.7 Å². The molecule has 1 amide bonds. The van der Waals surface area contributed by atoms with Crippen LogP contribution in [0.4, 0.5) is 0 Å². The number of hydrogen-bond acceptors (Lipinski definition) is 4. The van der Waals surface area contributed by atoms with Gasteiger partial charge >= 0.3 is 0 Å². The minimum Gasteiger partial charge on any atom is -0.461 e. The van der Waals surface area contributed by atoms with Crippen molar-refractivity contribution in [3.05, 3.63) is 80.9 Å². The van der Waals surface area contributed by atoms with Crippen molar-refractivity contribution in [1.29, 1.82) is 0 Å². The van der Waals surface area contributed by atoms with Gasteiger partial charge in [0.1, 0.15) is 0 Å². The van der Waals surface area contributed by atoms with Crippen LogP contribution in [0.3, 0.4) is 0 Å². The van der Waals surface area contributed by atoms with Gasteiger partial charge in [-0.15, -0.1) is 11.3 Å². The highest BCUT2D eigenvalue weighted by Gasteiger charge is 2.14. The highest BCUT2D eigenvalue weighted by atomic mass is 35.5. The van der Waals surface area contributed by atoms with Gasteiger partial charge < -0.3 is 9.73 Å². The van der Waals surface area contributed by atoms with Crippen LogP contribution in [-0.2, 0) is 6.54 Å². The maximum atomic E-state index is 12.1. The molecule has 6 heteroatoms. The fraction of sp³-hybridized carbons (Fsp3) is 0.0588. The Morgan fingerprint density at radius 1 is 1.09 bits per heavy atom. The van der Waals surface area contributed by atoms with Gasteiger partial charge in [-0.05, 0) is 48.5 Å². The van der Waals surface area contributed by atoms with Gasteiger partial charge in [0.2, 0.25) is 5.78 Å². The fourth-order valence-corrected chi connectivity index (χ4v) is 3.01. The average molecular weight is 346 g/mol. The normalized spacial score (nSPS) is 10.5. The Morgan fingerprint density at radius 3 is 2.57 bits per heavy atom. The van der Waals surface area contributed by atoms with Gasteiger partial charge in [0.25, 0.3) is 5.91 Å². The molecule has 0 fully saturated rings. The molecule has 1 aromatic carbocycles. The SMILES string of the molecule is O=C(NCc1ccc(C(=O)c2ccco2)s1)c1ccc(Cl)cc1. The van der Waals surface area contributed by atoms with E-state index in [2.05, 4.69) is 5.32 Å². The molecule has 0 bridgehead atoms. The molecule has 3 aromatic rings. The number of ketones is 1. The van der Waals surface area contributed by atoms with Crippen molar-refractivity contribution < 1.29 is 14.0 Å². The van der Waals surface area contributed by atoms with E-state index in [1.54, 1.807) is 42.5 Å².